The van der Waals surface area contributed by atoms with Gasteiger partial charge >= 0.3 is 0 Å². The molecule has 54 valence electrons. The zero-order valence-electron chi connectivity index (χ0n) is 5.94. The van der Waals surface area contributed by atoms with Crippen LogP contribution in [0.4, 0.5) is 0 Å². The average molecular weight is 137 g/mol. The van der Waals surface area contributed by atoms with Crippen molar-refractivity contribution in [2.75, 3.05) is 6.54 Å². The van der Waals surface area contributed by atoms with Crippen molar-refractivity contribution in [3.63, 3.8) is 0 Å². The molecule has 0 fully saturated rings. The van der Waals surface area contributed by atoms with Crippen molar-refractivity contribution < 1.29 is 4.79 Å². The Morgan fingerprint density at radius 1 is 1.20 bits per heavy atom. The molecule has 0 saturated carbocycles. The van der Waals surface area contributed by atoms with E-state index in [1.54, 1.807) is 0 Å². The third-order valence-corrected chi connectivity index (χ3v) is 2.27. The van der Waals surface area contributed by atoms with Gasteiger partial charge in [-0.2, -0.15) is 0 Å². The second kappa shape index (κ2) is 2.11. The van der Waals surface area contributed by atoms with E-state index in [0.717, 1.165) is 18.4 Å². The topological polar surface area (TPSA) is 29.1 Å². The van der Waals surface area contributed by atoms with Crippen molar-refractivity contribution in [1.29, 1.82) is 0 Å². The van der Waals surface area contributed by atoms with Crippen LogP contribution in [-0.4, -0.2) is 12.3 Å². The summed E-state index contributed by atoms with van der Waals surface area (Å²) in [6, 6.07) is 0. The highest BCUT2D eigenvalue weighted by Gasteiger charge is 2.23. The zero-order valence-corrected chi connectivity index (χ0v) is 5.94. The van der Waals surface area contributed by atoms with Crippen LogP contribution < -0.4 is 5.32 Å². The highest BCUT2D eigenvalue weighted by Crippen LogP contribution is 2.26. The lowest BCUT2D eigenvalue weighted by Gasteiger charge is -2.11. The maximum atomic E-state index is 11.1. The van der Waals surface area contributed by atoms with E-state index in [4.69, 9.17) is 0 Å². The monoisotopic (exact) mass is 137 g/mol. The molecule has 0 aromatic carbocycles. The SMILES string of the molecule is O=C1CNC2=C1CCCC2. The lowest BCUT2D eigenvalue weighted by atomic mass is 9.96. The number of hydrogen-bond donors (Lipinski definition) is 1. The first-order chi connectivity index (χ1) is 4.88. The van der Waals surface area contributed by atoms with E-state index in [2.05, 4.69) is 5.32 Å². The highest BCUT2D eigenvalue weighted by atomic mass is 16.1. The number of nitrogens with one attached hydrogen (secondary N) is 1. The molecule has 0 aromatic rings. The minimum Gasteiger partial charge on any atom is -0.381 e. The number of carbonyl (C=O) groups is 1. The van der Waals surface area contributed by atoms with Crippen LogP contribution in [0.3, 0.4) is 0 Å². The van der Waals surface area contributed by atoms with E-state index >= 15 is 0 Å². The van der Waals surface area contributed by atoms with Gasteiger partial charge < -0.3 is 5.32 Å². The first-order valence-corrected chi connectivity index (χ1v) is 3.87. The van der Waals surface area contributed by atoms with Crippen LogP contribution >= 0.6 is 0 Å². The summed E-state index contributed by atoms with van der Waals surface area (Å²) in [6.07, 6.45) is 4.56. The maximum absolute atomic E-state index is 11.1. The van der Waals surface area contributed by atoms with Gasteiger partial charge in [0.15, 0.2) is 5.78 Å². The van der Waals surface area contributed by atoms with E-state index in [9.17, 15) is 4.79 Å². The fraction of sp³-hybridized carbons (Fsp3) is 0.625. The second-order valence-corrected chi connectivity index (χ2v) is 2.94. The molecule has 10 heavy (non-hydrogen) atoms. The van der Waals surface area contributed by atoms with Crippen molar-refractivity contribution in [1.82, 2.24) is 5.32 Å². The van der Waals surface area contributed by atoms with E-state index in [1.165, 1.54) is 18.5 Å². The third-order valence-electron chi connectivity index (χ3n) is 2.27. The highest BCUT2D eigenvalue weighted by molar-refractivity contribution is 6.00. The minimum atomic E-state index is 0.328. The van der Waals surface area contributed by atoms with E-state index in [1.807, 2.05) is 0 Å². The Morgan fingerprint density at radius 2 is 2.00 bits per heavy atom. The smallest absolute Gasteiger partial charge is 0.179 e. The van der Waals surface area contributed by atoms with E-state index in [-0.39, 0.29) is 0 Å². The minimum absolute atomic E-state index is 0.328. The summed E-state index contributed by atoms with van der Waals surface area (Å²) in [5, 5.41) is 3.14. The van der Waals surface area contributed by atoms with Crippen LogP contribution in [-0.2, 0) is 4.79 Å². The fourth-order valence-electron chi connectivity index (χ4n) is 1.70. The van der Waals surface area contributed by atoms with Gasteiger partial charge in [0.1, 0.15) is 0 Å². The summed E-state index contributed by atoms with van der Waals surface area (Å²) in [5.74, 6) is 0.328. The Bertz CT molecular complexity index is 205. The predicted octanol–water partition coefficient (Wildman–Crippen LogP) is 0.987. The van der Waals surface area contributed by atoms with Gasteiger partial charge in [0, 0.05) is 11.3 Å². The summed E-state index contributed by atoms with van der Waals surface area (Å²) < 4.78 is 0. The molecule has 0 spiro atoms. The molecule has 0 saturated heterocycles. The number of ketones is 1. The molecule has 1 aliphatic heterocycles. The average Bonchev–Trinajstić information content (AvgIpc) is 2.34. The molecule has 2 nitrogen and oxygen atoms in total. The Balaban J connectivity index is 2.29. The summed E-state index contributed by atoms with van der Waals surface area (Å²) >= 11 is 0. The number of rotatable bonds is 0. The molecule has 0 aromatic heterocycles. The Labute approximate surface area is 60.3 Å². The molecule has 2 aliphatic rings. The standard InChI is InChI=1S/C8H11NO/c10-8-5-9-7-4-2-1-3-6(7)8/h9H,1-5H2. The van der Waals surface area contributed by atoms with Gasteiger partial charge in [-0.1, -0.05) is 0 Å². The van der Waals surface area contributed by atoms with Crippen LogP contribution in [0.5, 0.6) is 0 Å². The summed E-state index contributed by atoms with van der Waals surface area (Å²) in [5.41, 5.74) is 2.32. The van der Waals surface area contributed by atoms with Crippen LogP contribution in [0.1, 0.15) is 25.7 Å². The molecule has 2 rings (SSSR count). The van der Waals surface area contributed by atoms with E-state index in [0.29, 0.717) is 12.3 Å². The van der Waals surface area contributed by atoms with Gasteiger partial charge in [0.25, 0.3) is 0 Å². The Kier molecular flexibility index (Phi) is 1.26. The van der Waals surface area contributed by atoms with Gasteiger partial charge in [-0.15, -0.1) is 0 Å². The van der Waals surface area contributed by atoms with Crippen molar-refractivity contribution in [2.45, 2.75) is 25.7 Å². The van der Waals surface area contributed by atoms with Crippen LogP contribution in [0.25, 0.3) is 0 Å². The Hall–Kier alpha value is -0.790. The first-order valence-electron chi connectivity index (χ1n) is 3.87. The molecule has 0 amide bonds. The summed E-state index contributed by atoms with van der Waals surface area (Å²) in [6.45, 7) is 0.560. The van der Waals surface area contributed by atoms with Crippen molar-refractivity contribution in [3.8, 4) is 0 Å². The molecule has 1 aliphatic carbocycles. The molecule has 1 N–H and O–H groups in total. The van der Waals surface area contributed by atoms with Crippen molar-refractivity contribution >= 4 is 5.78 Å². The summed E-state index contributed by atoms with van der Waals surface area (Å²) in [4.78, 5) is 11.1. The second-order valence-electron chi connectivity index (χ2n) is 2.94. The number of Topliss-reactive ketones (excluding diaryl/α,β-unsaturated/α-hetero) is 1. The molecule has 0 atom stereocenters. The molecule has 2 heteroatoms. The van der Waals surface area contributed by atoms with Gasteiger partial charge in [0.05, 0.1) is 6.54 Å². The lowest BCUT2D eigenvalue weighted by Crippen LogP contribution is -2.10. The van der Waals surface area contributed by atoms with Crippen LogP contribution in [0, 0.1) is 0 Å². The van der Waals surface area contributed by atoms with E-state index < -0.39 is 0 Å². The normalized spacial score (nSPS) is 24.6. The van der Waals surface area contributed by atoms with Crippen molar-refractivity contribution in [2.24, 2.45) is 0 Å². The summed E-state index contributed by atoms with van der Waals surface area (Å²) in [7, 11) is 0. The maximum Gasteiger partial charge on any atom is 0.179 e. The predicted molar refractivity (Wildman–Crippen MR) is 38.5 cm³/mol. The molecular formula is C8H11NO. The van der Waals surface area contributed by atoms with Gasteiger partial charge in [0.2, 0.25) is 0 Å². The Morgan fingerprint density at radius 3 is 2.80 bits per heavy atom. The first kappa shape index (κ1) is 5.96. The van der Waals surface area contributed by atoms with Gasteiger partial charge in [-0.05, 0) is 25.7 Å². The fourth-order valence-corrected chi connectivity index (χ4v) is 1.70. The number of carbonyl (C=O) groups excluding carboxylic acids is 1. The van der Waals surface area contributed by atoms with Crippen molar-refractivity contribution in [3.05, 3.63) is 11.3 Å². The molecule has 0 unspecified atom stereocenters. The zero-order chi connectivity index (χ0) is 6.97. The van der Waals surface area contributed by atoms with Crippen LogP contribution in [0.2, 0.25) is 0 Å². The number of hydrogen-bond acceptors (Lipinski definition) is 2. The quantitative estimate of drug-likeness (QED) is 0.539. The molecule has 0 radical (unpaired) electrons. The third kappa shape index (κ3) is 0.753. The molecule has 0 bridgehead atoms. The van der Waals surface area contributed by atoms with Gasteiger partial charge in [-0.25, -0.2) is 0 Å². The molecular weight excluding hydrogens is 126 g/mol. The van der Waals surface area contributed by atoms with Crippen LogP contribution in [0.15, 0.2) is 11.3 Å². The number of allylic oxidation sites excluding steroid dienone is 1. The largest absolute Gasteiger partial charge is 0.381 e. The molecule has 1 heterocycles. The lowest BCUT2D eigenvalue weighted by molar-refractivity contribution is -0.114. The van der Waals surface area contributed by atoms with Gasteiger partial charge in [-0.3, -0.25) is 4.79 Å².